The number of aromatic nitrogens is 2. The van der Waals surface area contributed by atoms with Gasteiger partial charge >= 0.3 is 0 Å². The minimum atomic E-state index is -0.451. The Kier molecular flexibility index (Phi) is 3.49. The number of rotatable bonds is 3. The number of halogens is 1. The Bertz CT molecular complexity index is 799. The first-order chi connectivity index (χ1) is 10.1. The molecular formula is C14H8BrN3O3. The van der Waals surface area contributed by atoms with Crippen molar-refractivity contribution in [1.82, 2.24) is 10.1 Å². The Morgan fingerprint density at radius 1 is 1.10 bits per heavy atom. The van der Waals surface area contributed by atoms with Gasteiger partial charge in [0.2, 0.25) is 5.82 Å². The van der Waals surface area contributed by atoms with Gasteiger partial charge in [0.25, 0.3) is 11.6 Å². The monoisotopic (exact) mass is 345 g/mol. The predicted octanol–water partition coefficient (Wildman–Crippen LogP) is 4.07. The van der Waals surface area contributed by atoms with Gasteiger partial charge in [0, 0.05) is 27.7 Å². The van der Waals surface area contributed by atoms with Crippen LogP contribution in [0.4, 0.5) is 5.69 Å². The molecule has 0 atom stereocenters. The topological polar surface area (TPSA) is 82.1 Å². The molecule has 0 N–H and O–H groups in total. The minimum absolute atomic E-state index is 0.0226. The molecule has 0 aliphatic rings. The molecule has 21 heavy (non-hydrogen) atoms. The van der Waals surface area contributed by atoms with Gasteiger partial charge in [-0.3, -0.25) is 10.1 Å². The molecule has 1 heterocycles. The Morgan fingerprint density at radius 3 is 2.52 bits per heavy atom. The van der Waals surface area contributed by atoms with E-state index in [0.29, 0.717) is 17.3 Å². The molecule has 3 rings (SSSR count). The zero-order valence-electron chi connectivity index (χ0n) is 10.6. The van der Waals surface area contributed by atoms with Crippen LogP contribution in [0.5, 0.6) is 0 Å². The lowest BCUT2D eigenvalue weighted by Gasteiger charge is -1.95. The molecule has 0 fully saturated rings. The van der Waals surface area contributed by atoms with E-state index in [-0.39, 0.29) is 5.69 Å². The van der Waals surface area contributed by atoms with Crippen molar-refractivity contribution in [3.8, 4) is 22.8 Å². The summed E-state index contributed by atoms with van der Waals surface area (Å²) >= 11 is 3.38. The van der Waals surface area contributed by atoms with Crippen LogP contribution in [0.3, 0.4) is 0 Å². The summed E-state index contributed by atoms with van der Waals surface area (Å²) in [5, 5.41) is 14.5. The minimum Gasteiger partial charge on any atom is -0.334 e. The quantitative estimate of drug-likeness (QED) is 0.527. The summed E-state index contributed by atoms with van der Waals surface area (Å²) in [5.41, 5.74) is 1.48. The second-order valence-electron chi connectivity index (χ2n) is 4.24. The highest BCUT2D eigenvalue weighted by Crippen LogP contribution is 2.25. The summed E-state index contributed by atoms with van der Waals surface area (Å²) in [6.45, 7) is 0. The molecule has 0 aliphatic carbocycles. The number of benzene rings is 2. The van der Waals surface area contributed by atoms with Crippen LogP contribution in [0.1, 0.15) is 0 Å². The third-order valence-electron chi connectivity index (χ3n) is 2.83. The molecule has 0 amide bonds. The molecule has 0 saturated carbocycles. The number of hydrogen-bond acceptors (Lipinski definition) is 5. The van der Waals surface area contributed by atoms with Gasteiger partial charge in [-0.25, -0.2) is 0 Å². The van der Waals surface area contributed by atoms with E-state index in [4.69, 9.17) is 4.52 Å². The van der Waals surface area contributed by atoms with Gasteiger partial charge in [0.15, 0.2) is 0 Å². The van der Waals surface area contributed by atoms with E-state index < -0.39 is 4.92 Å². The Hall–Kier alpha value is -2.54. The molecule has 0 aliphatic heterocycles. The Morgan fingerprint density at radius 2 is 1.86 bits per heavy atom. The summed E-state index contributed by atoms with van der Waals surface area (Å²) in [7, 11) is 0. The smallest absolute Gasteiger partial charge is 0.269 e. The molecule has 3 aromatic rings. The van der Waals surface area contributed by atoms with E-state index in [1.807, 2.05) is 24.3 Å². The van der Waals surface area contributed by atoms with Gasteiger partial charge in [-0.2, -0.15) is 4.98 Å². The average Bonchev–Trinajstić information content (AvgIpc) is 2.97. The molecule has 2 aromatic carbocycles. The highest BCUT2D eigenvalue weighted by Gasteiger charge is 2.12. The van der Waals surface area contributed by atoms with Gasteiger partial charge in [0.1, 0.15) is 0 Å². The van der Waals surface area contributed by atoms with Crippen molar-refractivity contribution >= 4 is 21.6 Å². The first kappa shape index (κ1) is 13.4. The normalized spacial score (nSPS) is 10.5. The average molecular weight is 346 g/mol. The summed E-state index contributed by atoms with van der Waals surface area (Å²) < 4.78 is 6.13. The molecule has 0 bridgehead atoms. The van der Waals surface area contributed by atoms with E-state index in [2.05, 4.69) is 26.1 Å². The summed E-state index contributed by atoms with van der Waals surface area (Å²) in [6.07, 6.45) is 0. The molecule has 0 unspecified atom stereocenters. The SMILES string of the molecule is O=[N+]([O-])c1ccc(-c2noc(-c3cccc(Br)c3)n2)cc1. The van der Waals surface area contributed by atoms with Gasteiger partial charge in [-0.1, -0.05) is 27.2 Å². The number of nitro groups is 1. The second-order valence-corrected chi connectivity index (χ2v) is 5.15. The van der Waals surface area contributed by atoms with Gasteiger partial charge in [-0.05, 0) is 30.3 Å². The van der Waals surface area contributed by atoms with E-state index in [1.165, 1.54) is 12.1 Å². The van der Waals surface area contributed by atoms with Crippen molar-refractivity contribution in [1.29, 1.82) is 0 Å². The van der Waals surface area contributed by atoms with Crippen molar-refractivity contribution < 1.29 is 9.45 Å². The molecule has 7 heteroatoms. The van der Waals surface area contributed by atoms with Crippen molar-refractivity contribution in [3.63, 3.8) is 0 Å². The van der Waals surface area contributed by atoms with Crippen molar-refractivity contribution in [2.24, 2.45) is 0 Å². The lowest BCUT2D eigenvalue weighted by atomic mass is 10.2. The Balaban J connectivity index is 1.93. The number of nitrogens with zero attached hydrogens (tertiary/aromatic N) is 3. The Labute approximate surface area is 127 Å². The standard InChI is InChI=1S/C14H8BrN3O3/c15-11-3-1-2-10(8-11)14-16-13(17-21-14)9-4-6-12(7-5-9)18(19)20/h1-8H. The van der Waals surface area contributed by atoms with Crippen LogP contribution in [0.2, 0.25) is 0 Å². The molecule has 0 saturated heterocycles. The first-order valence-corrected chi connectivity index (χ1v) is 6.77. The van der Waals surface area contributed by atoms with E-state index in [0.717, 1.165) is 10.0 Å². The zero-order valence-corrected chi connectivity index (χ0v) is 12.1. The van der Waals surface area contributed by atoms with Gasteiger partial charge < -0.3 is 4.52 Å². The maximum atomic E-state index is 10.6. The highest BCUT2D eigenvalue weighted by molar-refractivity contribution is 9.10. The first-order valence-electron chi connectivity index (χ1n) is 5.98. The summed E-state index contributed by atoms with van der Waals surface area (Å²) in [4.78, 5) is 14.5. The van der Waals surface area contributed by atoms with Gasteiger partial charge in [-0.15, -0.1) is 0 Å². The van der Waals surface area contributed by atoms with Crippen LogP contribution < -0.4 is 0 Å². The van der Waals surface area contributed by atoms with Crippen LogP contribution in [0.25, 0.3) is 22.8 Å². The molecule has 6 nitrogen and oxygen atoms in total. The second kappa shape index (κ2) is 5.45. The van der Waals surface area contributed by atoms with Crippen LogP contribution in [-0.2, 0) is 0 Å². The third kappa shape index (κ3) is 2.82. The number of hydrogen-bond donors (Lipinski definition) is 0. The fraction of sp³-hybridized carbons (Fsp3) is 0. The summed E-state index contributed by atoms with van der Waals surface area (Å²) in [5.74, 6) is 0.782. The lowest BCUT2D eigenvalue weighted by Crippen LogP contribution is -1.87. The zero-order chi connectivity index (χ0) is 14.8. The fourth-order valence-electron chi connectivity index (χ4n) is 1.81. The van der Waals surface area contributed by atoms with Crippen LogP contribution in [-0.4, -0.2) is 15.1 Å². The maximum absolute atomic E-state index is 10.6. The van der Waals surface area contributed by atoms with Crippen molar-refractivity contribution in [3.05, 3.63) is 63.1 Å². The number of nitro benzene ring substituents is 1. The lowest BCUT2D eigenvalue weighted by molar-refractivity contribution is -0.384. The van der Waals surface area contributed by atoms with Crippen molar-refractivity contribution in [2.45, 2.75) is 0 Å². The van der Waals surface area contributed by atoms with Crippen LogP contribution in [0, 0.1) is 10.1 Å². The molecule has 1 aromatic heterocycles. The van der Waals surface area contributed by atoms with Crippen molar-refractivity contribution in [2.75, 3.05) is 0 Å². The maximum Gasteiger partial charge on any atom is 0.269 e. The van der Waals surface area contributed by atoms with Gasteiger partial charge in [0.05, 0.1) is 4.92 Å². The third-order valence-corrected chi connectivity index (χ3v) is 3.33. The molecule has 0 spiro atoms. The summed E-state index contributed by atoms with van der Waals surface area (Å²) in [6, 6.07) is 13.5. The number of non-ortho nitro benzene ring substituents is 1. The largest absolute Gasteiger partial charge is 0.334 e. The van der Waals surface area contributed by atoms with E-state index in [9.17, 15) is 10.1 Å². The molecule has 0 radical (unpaired) electrons. The highest BCUT2D eigenvalue weighted by atomic mass is 79.9. The van der Waals surface area contributed by atoms with Crippen LogP contribution in [0.15, 0.2) is 57.5 Å². The molecule has 104 valence electrons. The van der Waals surface area contributed by atoms with E-state index >= 15 is 0 Å². The van der Waals surface area contributed by atoms with Crippen LogP contribution >= 0.6 is 15.9 Å². The van der Waals surface area contributed by atoms with E-state index in [1.54, 1.807) is 12.1 Å². The fourth-order valence-corrected chi connectivity index (χ4v) is 2.21. The predicted molar refractivity (Wildman–Crippen MR) is 79.5 cm³/mol. The molecular weight excluding hydrogens is 338 g/mol.